The maximum Gasteiger partial charge on any atom is 0.270 e. The first-order valence-electron chi connectivity index (χ1n) is 8.52. The van der Waals surface area contributed by atoms with Gasteiger partial charge < -0.3 is 4.90 Å². The molecule has 0 saturated carbocycles. The molecule has 0 atom stereocenters. The smallest absolute Gasteiger partial charge is 0.270 e. The molecule has 1 aliphatic rings. The molecule has 3 rings (SSSR count). The van der Waals surface area contributed by atoms with Crippen LogP contribution >= 0.6 is 0 Å². The van der Waals surface area contributed by atoms with Crippen LogP contribution in [-0.2, 0) is 21.2 Å². The molecule has 0 bridgehead atoms. The van der Waals surface area contributed by atoms with E-state index in [1.165, 1.54) is 18.2 Å². The average molecular weight is 389 g/mol. The topological polar surface area (TPSA) is 110 Å². The summed E-state index contributed by atoms with van der Waals surface area (Å²) < 4.78 is 27.6. The van der Waals surface area contributed by atoms with E-state index in [4.69, 9.17) is 0 Å². The van der Waals surface area contributed by atoms with Crippen molar-refractivity contribution in [1.82, 2.24) is 0 Å². The molecule has 9 heteroatoms. The summed E-state index contributed by atoms with van der Waals surface area (Å²) in [6, 6.07) is 9.91. The summed E-state index contributed by atoms with van der Waals surface area (Å²) in [5, 5.41) is 10.9. The van der Waals surface area contributed by atoms with Crippen LogP contribution in [0.3, 0.4) is 0 Å². The highest BCUT2D eigenvalue weighted by Gasteiger charge is 2.23. The lowest BCUT2D eigenvalue weighted by atomic mass is 10.0. The number of hydrogen-bond acceptors (Lipinski definition) is 5. The largest absolute Gasteiger partial charge is 0.312 e. The minimum Gasteiger partial charge on any atom is -0.312 e. The van der Waals surface area contributed by atoms with E-state index in [-0.39, 0.29) is 16.5 Å². The number of nitro benzene ring substituents is 1. The molecule has 27 heavy (non-hydrogen) atoms. The Morgan fingerprint density at radius 3 is 2.74 bits per heavy atom. The molecule has 0 radical (unpaired) electrons. The Labute approximate surface area is 157 Å². The minimum atomic E-state index is -3.97. The van der Waals surface area contributed by atoms with Gasteiger partial charge in [-0.05, 0) is 42.7 Å². The second-order valence-electron chi connectivity index (χ2n) is 6.21. The average Bonchev–Trinajstić information content (AvgIpc) is 2.66. The Hall–Kier alpha value is -2.94. The van der Waals surface area contributed by atoms with Crippen molar-refractivity contribution in [2.75, 3.05) is 16.2 Å². The highest BCUT2D eigenvalue weighted by atomic mass is 32.2. The fourth-order valence-corrected chi connectivity index (χ4v) is 4.18. The Morgan fingerprint density at radius 2 is 2.04 bits per heavy atom. The van der Waals surface area contributed by atoms with Gasteiger partial charge in [0.15, 0.2) is 0 Å². The lowest BCUT2D eigenvalue weighted by Crippen LogP contribution is -2.34. The standard InChI is InChI=1S/C18H19N3O5S/c1-2-18(22)20-10-4-5-13-11-14(8-9-17(13)20)19-27(25,26)16-7-3-6-15(12-16)21(23)24/h3,6-9,11-12,19H,2,4-5,10H2,1H3. The van der Waals surface area contributed by atoms with E-state index in [1.54, 1.807) is 30.0 Å². The molecular formula is C18H19N3O5S. The molecule has 1 amide bonds. The van der Waals surface area contributed by atoms with Crippen LogP contribution in [0.5, 0.6) is 0 Å². The van der Waals surface area contributed by atoms with Crippen LogP contribution in [0, 0.1) is 10.1 Å². The van der Waals surface area contributed by atoms with Crippen molar-refractivity contribution in [2.45, 2.75) is 31.1 Å². The summed E-state index contributed by atoms with van der Waals surface area (Å²) in [4.78, 5) is 23.8. The highest BCUT2D eigenvalue weighted by molar-refractivity contribution is 7.92. The zero-order valence-corrected chi connectivity index (χ0v) is 15.5. The third kappa shape index (κ3) is 3.92. The van der Waals surface area contributed by atoms with Gasteiger partial charge in [-0.2, -0.15) is 0 Å². The molecule has 1 heterocycles. The first-order chi connectivity index (χ1) is 12.8. The lowest BCUT2D eigenvalue weighted by molar-refractivity contribution is -0.385. The molecule has 0 unspecified atom stereocenters. The second-order valence-corrected chi connectivity index (χ2v) is 7.89. The summed E-state index contributed by atoms with van der Waals surface area (Å²) in [6.45, 7) is 2.45. The van der Waals surface area contributed by atoms with Crippen molar-refractivity contribution in [1.29, 1.82) is 0 Å². The number of fused-ring (bicyclic) bond motifs is 1. The number of hydrogen-bond donors (Lipinski definition) is 1. The van der Waals surface area contributed by atoms with Gasteiger partial charge in [-0.25, -0.2) is 8.42 Å². The Morgan fingerprint density at radius 1 is 1.26 bits per heavy atom. The number of anilines is 2. The van der Waals surface area contributed by atoms with E-state index in [1.807, 2.05) is 0 Å². The van der Waals surface area contributed by atoms with E-state index in [9.17, 15) is 23.3 Å². The maximum atomic E-state index is 12.6. The quantitative estimate of drug-likeness (QED) is 0.624. The number of sulfonamides is 1. The molecule has 0 aliphatic carbocycles. The normalized spacial score (nSPS) is 13.7. The van der Waals surface area contributed by atoms with Crippen LogP contribution in [0.25, 0.3) is 0 Å². The first kappa shape index (κ1) is 18.8. The monoisotopic (exact) mass is 389 g/mol. The number of rotatable bonds is 5. The number of benzene rings is 2. The van der Waals surface area contributed by atoms with Gasteiger partial charge in [0, 0.05) is 36.5 Å². The molecule has 0 spiro atoms. The van der Waals surface area contributed by atoms with Gasteiger partial charge >= 0.3 is 0 Å². The number of nitro groups is 1. The van der Waals surface area contributed by atoms with Crippen LogP contribution in [0.1, 0.15) is 25.3 Å². The van der Waals surface area contributed by atoms with Gasteiger partial charge in [0.1, 0.15) is 0 Å². The summed E-state index contributed by atoms with van der Waals surface area (Å²) in [6.07, 6.45) is 1.95. The van der Waals surface area contributed by atoms with Crippen molar-refractivity contribution in [3.63, 3.8) is 0 Å². The number of carbonyl (C=O) groups is 1. The first-order valence-corrected chi connectivity index (χ1v) is 10.0. The van der Waals surface area contributed by atoms with E-state index in [0.29, 0.717) is 18.7 Å². The number of aryl methyl sites for hydroxylation is 1. The lowest BCUT2D eigenvalue weighted by Gasteiger charge is -2.29. The van der Waals surface area contributed by atoms with Gasteiger partial charge in [0.05, 0.1) is 9.82 Å². The molecule has 2 aromatic carbocycles. The van der Waals surface area contributed by atoms with Crippen molar-refractivity contribution < 1.29 is 18.1 Å². The van der Waals surface area contributed by atoms with E-state index >= 15 is 0 Å². The van der Waals surface area contributed by atoms with Crippen molar-refractivity contribution >= 4 is 33.0 Å². The number of nitrogens with zero attached hydrogens (tertiary/aromatic N) is 2. The molecule has 1 aliphatic heterocycles. The molecule has 0 aromatic heterocycles. The number of non-ortho nitro benzene ring substituents is 1. The maximum absolute atomic E-state index is 12.6. The van der Waals surface area contributed by atoms with Crippen LogP contribution in [0.4, 0.5) is 17.1 Å². The highest BCUT2D eigenvalue weighted by Crippen LogP contribution is 2.31. The van der Waals surface area contributed by atoms with Crippen LogP contribution in [0.15, 0.2) is 47.4 Å². The van der Waals surface area contributed by atoms with E-state index in [0.717, 1.165) is 30.2 Å². The van der Waals surface area contributed by atoms with E-state index in [2.05, 4.69) is 4.72 Å². The second kappa shape index (κ2) is 7.36. The molecule has 1 N–H and O–H groups in total. The third-order valence-electron chi connectivity index (χ3n) is 4.39. The van der Waals surface area contributed by atoms with Crippen molar-refractivity contribution in [3.8, 4) is 0 Å². The SMILES string of the molecule is CCC(=O)N1CCCc2cc(NS(=O)(=O)c3cccc([N+](=O)[O-])c3)ccc21. The zero-order valence-electron chi connectivity index (χ0n) is 14.7. The van der Waals surface area contributed by atoms with Gasteiger partial charge in [-0.15, -0.1) is 0 Å². The van der Waals surface area contributed by atoms with Gasteiger partial charge in [-0.3, -0.25) is 19.6 Å². The molecule has 0 fully saturated rings. The molecule has 2 aromatic rings. The van der Waals surface area contributed by atoms with Gasteiger partial charge in [0.2, 0.25) is 5.91 Å². The van der Waals surface area contributed by atoms with Crippen LogP contribution in [0.2, 0.25) is 0 Å². The van der Waals surface area contributed by atoms with Crippen LogP contribution < -0.4 is 9.62 Å². The Balaban J connectivity index is 1.89. The van der Waals surface area contributed by atoms with Crippen molar-refractivity contribution in [2.24, 2.45) is 0 Å². The van der Waals surface area contributed by atoms with Crippen molar-refractivity contribution in [3.05, 3.63) is 58.1 Å². The number of carbonyl (C=O) groups excluding carboxylic acids is 1. The molecular weight excluding hydrogens is 370 g/mol. The predicted molar refractivity (Wildman–Crippen MR) is 101 cm³/mol. The van der Waals surface area contributed by atoms with Crippen LogP contribution in [-0.4, -0.2) is 25.8 Å². The molecule has 0 saturated heterocycles. The number of amides is 1. The minimum absolute atomic E-state index is 0.0286. The zero-order chi connectivity index (χ0) is 19.6. The summed E-state index contributed by atoms with van der Waals surface area (Å²) in [5.74, 6) is 0.0286. The fraction of sp³-hybridized carbons (Fsp3) is 0.278. The third-order valence-corrected chi connectivity index (χ3v) is 5.77. The molecule has 142 valence electrons. The number of nitrogens with one attached hydrogen (secondary N) is 1. The van der Waals surface area contributed by atoms with E-state index < -0.39 is 14.9 Å². The predicted octanol–water partition coefficient (Wildman–Crippen LogP) is 3.08. The Bertz CT molecular complexity index is 1000. The van der Waals surface area contributed by atoms with Gasteiger partial charge in [-0.1, -0.05) is 13.0 Å². The Kier molecular flexibility index (Phi) is 5.13. The molecule has 8 nitrogen and oxygen atoms in total. The fourth-order valence-electron chi connectivity index (χ4n) is 3.09. The summed E-state index contributed by atoms with van der Waals surface area (Å²) >= 11 is 0. The summed E-state index contributed by atoms with van der Waals surface area (Å²) in [7, 11) is -3.97. The summed E-state index contributed by atoms with van der Waals surface area (Å²) in [5.41, 5.74) is 1.75. The van der Waals surface area contributed by atoms with Gasteiger partial charge in [0.25, 0.3) is 15.7 Å².